The molecule has 0 bridgehead atoms. The van der Waals surface area contributed by atoms with E-state index in [0.717, 1.165) is 35.5 Å². The van der Waals surface area contributed by atoms with Crippen LogP contribution in [-0.2, 0) is 12.8 Å². The third kappa shape index (κ3) is 3.21. The lowest BCUT2D eigenvalue weighted by Crippen LogP contribution is -1.98. The van der Waals surface area contributed by atoms with Gasteiger partial charge in [-0.2, -0.15) is 0 Å². The maximum atomic E-state index is 5.95. The van der Waals surface area contributed by atoms with E-state index in [9.17, 15) is 0 Å². The van der Waals surface area contributed by atoms with Crippen LogP contribution in [0.2, 0.25) is 10.0 Å². The molecule has 4 heteroatoms. The van der Waals surface area contributed by atoms with Gasteiger partial charge in [0.1, 0.15) is 0 Å². The van der Waals surface area contributed by atoms with Crippen LogP contribution >= 0.6 is 23.2 Å². The summed E-state index contributed by atoms with van der Waals surface area (Å²) in [5.41, 5.74) is 3.99. The topological polar surface area (TPSA) is 25.8 Å². The molecule has 0 amide bonds. The molecule has 0 aliphatic carbocycles. The summed E-state index contributed by atoms with van der Waals surface area (Å²) in [7, 11) is 0. The van der Waals surface area contributed by atoms with E-state index in [2.05, 4.69) is 9.97 Å². The Bertz CT molecular complexity index is 516. The van der Waals surface area contributed by atoms with Crippen LogP contribution in [0, 0.1) is 13.8 Å². The van der Waals surface area contributed by atoms with E-state index < -0.39 is 0 Å². The summed E-state index contributed by atoms with van der Waals surface area (Å²) in [6.07, 6.45) is 3.41. The number of halogens is 2. The molecule has 0 atom stereocenters. The molecule has 0 N–H and O–H groups in total. The summed E-state index contributed by atoms with van der Waals surface area (Å²) in [5, 5.41) is 1.42. The molecule has 0 saturated heterocycles. The van der Waals surface area contributed by atoms with Gasteiger partial charge in [0.25, 0.3) is 0 Å². The van der Waals surface area contributed by atoms with Gasteiger partial charge in [-0.05, 0) is 50.5 Å². The van der Waals surface area contributed by atoms with Gasteiger partial charge >= 0.3 is 0 Å². The molecule has 2 nitrogen and oxygen atoms in total. The molecule has 2 rings (SSSR count). The highest BCUT2D eigenvalue weighted by molar-refractivity contribution is 6.31. The number of nitrogens with zero attached hydrogens (tertiary/aromatic N) is 2. The van der Waals surface area contributed by atoms with Crippen LogP contribution in [0.4, 0.5) is 0 Å². The molecule has 0 aromatic carbocycles. The third-order valence-corrected chi connectivity index (χ3v) is 3.61. The van der Waals surface area contributed by atoms with E-state index in [4.69, 9.17) is 23.2 Å². The first-order chi connectivity index (χ1) is 8.56. The molecule has 2 heterocycles. The molecular weight excluding hydrogens is 267 g/mol. The highest BCUT2D eigenvalue weighted by Gasteiger charge is 2.03. The molecular formula is C14H14Cl2N2. The molecule has 0 aliphatic heterocycles. The van der Waals surface area contributed by atoms with E-state index in [-0.39, 0.29) is 0 Å². The van der Waals surface area contributed by atoms with Crippen LogP contribution in [0.25, 0.3) is 0 Å². The minimum atomic E-state index is 0.708. The zero-order valence-electron chi connectivity index (χ0n) is 10.4. The van der Waals surface area contributed by atoms with Gasteiger partial charge in [0, 0.05) is 17.6 Å². The van der Waals surface area contributed by atoms with Crippen molar-refractivity contribution >= 4 is 23.2 Å². The molecule has 0 unspecified atom stereocenters. The van der Waals surface area contributed by atoms with Gasteiger partial charge in [0.2, 0.25) is 0 Å². The summed E-state index contributed by atoms with van der Waals surface area (Å²) in [6.45, 7) is 3.90. The number of hydrogen-bond acceptors (Lipinski definition) is 2. The van der Waals surface area contributed by atoms with Gasteiger partial charge < -0.3 is 0 Å². The van der Waals surface area contributed by atoms with Crippen molar-refractivity contribution in [2.75, 3.05) is 0 Å². The monoisotopic (exact) mass is 280 g/mol. The number of aryl methyl sites for hydroxylation is 4. The molecule has 0 saturated carbocycles. The lowest BCUT2D eigenvalue weighted by Gasteiger charge is -2.05. The van der Waals surface area contributed by atoms with Crippen LogP contribution in [0.3, 0.4) is 0 Å². The molecule has 0 spiro atoms. The average Bonchev–Trinajstić information content (AvgIpc) is 2.35. The SMILES string of the molecule is Cc1cc(CCc2ccc(Cl)c(C)n2)ncc1Cl. The van der Waals surface area contributed by atoms with Crippen molar-refractivity contribution in [2.45, 2.75) is 26.7 Å². The maximum Gasteiger partial charge on any atom is 0.0618 e. The van der Waals surface area contributed by atoms with Crippen LogP contribution in [-0.4, -0.2) is 9.97 Å². The van der Waals surface area contributed by atoms with Gasteiger partial charge in [0.15, 0.2) is 0 Å². The van der Waals surface area contributed by atoms with Crippen molar-refractivity contribution in [3.05, 3.63) is 57.1 Å². The Kier molecular flexibility index (Phi) is 4.20. The normalized spacial score (nSPS) is 10.7. The Morgan fingerprint density at radius 2 is 1.72 bits per heavy atom. The van der Waals surface area contributed by atoms with Crippen molar-refractivity contribution in [2.24, 2.45) is 0 Å². The second kappa shape index (κ2) is 5.68. The molecule has 0 fully saturated rings. The first-order valence-electron chi connectivity index (χ1n) is 5.79. The first kappa shape index (κ1) is 13.3. The van der Waals surface area contributed by atoms with Crippen molar-refractivity contribution in [3.63, 3.8) is 0 Å². The fourth-order valence-corrected chi connectivity index (χ4v) is 1.93. The molecule has 94 valence electrons. The molecule has 2 aromatic rings. The summed E-state index contributed by atoms with van der Waals surface area (Å²) < 4.78 is 0. The zero-order chi connectivity index (χ0) is 13.1. The first-order valence-corrected chi connectivity index (χ1v) is 6.55. The van der Waals surface area contributed by atoms with E-state index in [1.165, 1.54) is 0 Å². The number of pyridine rings is 2. The van der Waals surface area contributed by atoms with Crippen LogP contribution in [0.15, 0.2) is 24.4 Å². The quantitative estimate of drug-likeness (QED) is 0.843. The Balaban J connectivity index is 2.06. The smallest absolute Gasteiger partial charge is 0.0618 e. The van der Waals surface area contributed by atoms with Crippen molar-refractivity contribution in [1.29, 1.82) is 0 Å². The fraction of sp³-hybridized carbons (Fsp3) is 0.286. The van der Waals surface area contributed by atoms with Gasteiger partial charge in [0.05, 0.1) is 15.7 Å². The van der Waals surface area contributed by atoms with Crippen molar-refractivity contribution < 1.29 is 0 Å². The van der Waals surface area contributed by atoms with Crippen LogP contribution in [0.5, 0.6) is 0 Å². The zero-order valence-corrected chi connectivity index (χ0v) is 11.9. The Labute approximate surface area is 117 Å². The van der Waals surface area contributed by atoms with Gasteiger partial charge in [-0.1, -0.05) is 23.2 Å². The van der Waals surface area contributed by atoms with E-state index in [1.807, 2.05) is 32.0 Å². The highest BCUT2D eigenvalue weighted by Crippen LogP contribution is 2.16. The lowest BCUT2D eigenvalue weighted by atomic mass is 10.1. The summed E-state index contributed by atoms with van der Waals surface area (Å²) in [6, 6.07) is 5.86. The molecule has 0 radical (unpaired) electrons. The van der Waals surface area contributed by atoms with E-state index >= 15 is 0 Å². The van der Waals surface area contributed by atoms with E-state index in [1.54, 1.807) is 6.20 Å². The standard InChI is InChI=1S/C14H14Cl2N2/c1-9-7-12(17-8-14(9)16)4-3-11-5-6-13(15)10(2)18-11/h5-8H,3-4H2,1-2H3. The van der Waals surface area contributed by atoms with Gasteiger partial charge in [-0.3, -0.25) is 9.97 Å². The summed E-state index contributed by atoms with van der Waals surface area (Å²) in [5.74, 6) is 0. The average molecular weight is 281 g/mol. The third-order valence-electron chi connectivity index (χ3n) is 2.82. The summed E-state index contributed by atoms with van der Waals surface area (Å²) >= 11 is 11.9. The van der Waals surface area contributed by atoms with Crippen LogP contribution in [0.1, 0.15) is 22.6 Å². The molecule has 0 aliphatic rings. The molecule has 2 aromatic heterocycles. The second-order valence-corrected chi connectivity index (χ2v) is 5.11. The number of rotatable bonds is 3. The Morgan fingerprint density at radius 3 is 2.39 bits per heavy atom. The fourth-order valence-electron chi connectivity index (χ4n) is 1.73. The predicted molar refractivity (Wildman–Crippen MR) is 75.4 cm³/mol. The second-order valence-electron chi connectivity index (χ2n) is 4.29. The Hall–Kier alpha value is -1.12. The predicted octanol–water partition coefficient (Wildman–Crippen LogP) is 4.19. The minimum Gasteiger partial charge on any atom is -0.260 e. The number of aromatic nitrogens is 2. The van der Waals surface area contributed by atoms with Crippen LogP contribution < -0.4 is 0 Å². The Morgan fingerprint density at radius 1 is 1.00 bits per heavy atom. The largest absolute Gasteiger partial charge is 0.260 e. The van der Waals surface area contributed by atoms with Crippen molar-refractivity contribution in [1.82, 2.24) is 9.97 Å². The lowest BCUT2D eigenvalue weighted by molar-refractivity contribution is 0.871. The minimum absolute atomic E-state index is 0.708. The van der Waals surface area contributed by atoms with E-state index in [0.29, 0.717) is 10.0 Å². The van der Waals surface area contributed by atoms with Gasteiger partial charge in [-0.15, -0.1) is 0 Å². The highest BCUT2D eigenvalue weighted by atomic mass is 35.5. The molecule has 18 heavy (non-hydrogen) atoms. The number of hydrogen-bond donors (Lipinski definition) is 0. The maximum absolute atomic E-state index is 5.95. The van der Waals surface area contributed by atoms with Crippen molar-refractivity contribution in [3.8, 4) is 0 Å². The van der Waals surface area contributed by atoms with Gasteiger partial charge in [-0.25, -0.2) is 0 Å². The summed E-state index contributed by atoms with van der Waals surface area (Å²) in [4.78, 5) is 8.75.